The summed E-state index contributed by atoms with van der Waals surface area (Å²) < 4.78 is 12.0. The van der Waals surface area contributed by atoms with Crippen LogP contribution in [0, 0.1) is 17.8 Å². The monoisotopic (exact) mass is 428 g/mol. The predicted octanol–water partition coefficient (Wildman–Crippen LogP) is 7.09. The summed E-state index contributed by atoms with van der Waals surface area (Å²) in [6.07, 6.45) is 5.84. The molecule has 4 heteroatoms. The third-order valence-corrected chi connectivity index (χ3v) is 7.67. The van der Waals surface area contributed by atoms with Crippen LogP contribution in [-0.2, 0) is 11.3 Å². The van der Waals surface area contributed by atoms with Crippen molar-refractivity contribution < 1.29 is 9.47 Å². The Balaban J connectivity index is 1.46. The standard InChI is InChI=1S/C25H26Cl2O2/c1-28-24(23-19-9-17-10-20(23)14-25(27,12-17)13-19)18-7-8-21(26)22(11-18)29-15-16-5-3-2-4-6-16/h2-8,11,17,19-20H,9-10,12-15H2,1H3. The second-order valence-corrected chi connectivity index (χ2v) is 10.1. The van der Waals surface area contributed by atoms with Gasteiger partial charge in [0.25, 0.3) is 0 Å². The number of halogens is 2. The van der Waals surface area contributed by atoms with Gasteiger partial charge < -0.3 is 9.47 Å². The number of hydrogen-bond donors (Lipinski definition) is 0. The van der Waals surface area contributed by atoms with Crippen LogP contribution >= 0.6 is 23.2 Å². The van der Waals surface area contributed by atoms with Crippen LogP contribution in [0.3, 0.4) is 0 Å². The van der Waals surface area contributed by atoms with Crippen LogP contribution in [0.25, 0.3) is 5.76 Å². The van der Waals surface area contributed by atoms with Crippen LogP contribution in [0.1, 0.15) is 43.2 Å². The van der Waals surface area contributed by atoms with Crippen LogP contribution < -0.4 is 4.74 Å². The number of alkyl halides is 1. The van der Waals surface area contributed by atoms with E-state index in [0.717, 1.165) is 35.6 Å². The van der Waals surface area contributed by atoms with Gasteiger partial charge in [-0.3, -0.25) is 0 Å². The number of hydrogen-bond acceptors (Lipinski definition) is 2. The highest BCUT2D eigenvalue weighted by molar-refractivity contribution is 6.32. The van der Waals surface area contributed by atoms with Crippen molar-refractivity contribution in [2.75, 3.05) is 7.11 Å². The van der Waals surface area contributed by atoms with Gasteiger partial charge in [-0.1, -0.05) is 41.9 Å². The smallest absolute Gasteiger partial charge is 0.139 e. The van der Waals surface area contributed by atoms with Crippen LogP contribution in [0.2, 0.25) is 5.02 Å². The summed E-state index contributed by atoms with van der Waals surface area (Å²) >= 11 is 13.4. The SMILES string of the molecule is COC(=C1C2CC3CC1CC(Cl)(C3)C2)c1ccc(Cl)c(OCc2ccccc2)c1. The second-order valence-electron chi connectivity index (χ2n) is 8.90. The number of allylic oxidation sites excluding steroid dienone is 1. The molecule has 29 heavy (non-hydrogen) atoms. The Labute approximate surface area is 182 Å². The van der Waals surface area contributed by atoms with Crippen LogP contribution in [-0.4, -0.2) is 12.0 Å². The zero-order valence-electron chi connectivity index (χ0n) is 16.7. The Kier molecular flexibility index (Phi) is 5.04. The molecule has 2 atom stereocenters. The predicted molar refractivity (Wildman–Crippen MR) is 118 cm³/mol. The Morgan fingerprint density at radius 3 is 2.41 bits per heavy atom. The second kappa shape index (κ2) is 7.56. The molecule has 152 valence electrons. The summed E-state index contributed by atoms with van der Waals surface area (Å²) in [5, 5.41) is 0.620. The van der Waals surface area contributed by atoms with Crippen molar-refractivity contribution in [2.45, 2.75) is 43.6 Å². The first-order valence-electron chi connectivity index (χ1n) is 10.5. The molecule has 0 radical (unpaired) electrons. The van der Waals surface area contributed by atoms with Crippen molar-refractivity contribution in [2.24, 2.45) is 17.8 Å². The molecule has 4 fully saturated rings. The Morgan fingerprint density at radius 1 is 1.03 bits per heavy atom. The van der Waals surface area contributed by atoms with E-state index in [2.05, 4.69) is 12.1 Å². The molecule has 6 rings (SSSR count). The van der Waals surface area contributed by atoms with Crippen LogP contribution in [0.4, 0.5) is 0 Å². The lowest BCUT2D eigenvalue weighted by atomic mass is 9.53. The molecule has 0 spiro atoms. The van der Waals surface area contributed by atoms with Crippen molar-refractivity contribution >= 4 is 29.0 Å². The first-order valence-corrected chi connectivity index (χ1v) is 11.2. The van der Waals surface area contributed by atoms with E-state index in [1.807, 2.05) is 36.4 Å². The fraction of sp³-hybridized carbons (Fsp3) is 0.440. The van der Waals surface area contributed by atoms with E-state index in [-0.39, 0.29) is 4.87 Å². The first-order chi connectivity index (χ1) is 14.0. The molecule has 2 aromatic carbocycles. The Bertz CT molecular complexity index is 919. The van der Waals surface area contributed by atoms with Crippen molar-refractivity contribution in [3.05, 3.63) is 70.3 Å². The molecule has 2 nitrogen and oxygen atoms in total. The maximum atomic E-state index is 6.93. The van der Waals surface area contributed by atoms with Gasteiger partial charge in [0, 0.05) is 10.4 Å². The topological polar surface area (TPSA) is 18.5 Å². The van der Waals surface area contributed by atoms with Gasteiger partial charge in [0.1, 0.15) is 18.1 Å². The van der Waals surface area contributed by atoms with Gasteiger partial charge in [-0.2, -0.15) is 0 Å². The lowest BCUT2D eigenvalue weighted by Crippen LogP contribution is -2.48. The van der Waals surface area contributed by atoms with Crippen molar-refractivity contribution in [3.8, 4) is 5.75 Å². The van der Waals surface area contributed by atoms with E-state index < -0.39 is 0 Å². The Hall–Kier alpha value is -1.64. The van der Waals surface area contributed by atoms with Crippen molar-refractivity contribution in [3.63, 3.8) is 0 Å². The highest BCUT2D eigenvalue weighted by atomic mass is 35.5. The van der Waals surface area contributed by atoms with Gasteiger partial charge in [0.05, 0.1) is 12.1 Å². The van der Waals surface area contributed by atoms with Gasteiger partial charge in [-0.25, -0.2) is 0 Å². The minimum absolute atomic E-state index is 0.0167. The molecular formula is C25H26Cl2O2. The van der Waals surface area contributed by atoms with Gasteiger partial charge >= 0.3 is 0 Å². The lowest BCUT2D eigenvalue weighted by molar-refractivity contribution is 0.0843. The molecule has 4 aliphatic rings. The quantitative estimate of drug-likeness (QED) is 0.373. The fourth-order valence-corrected chi connectivity index (χ4v) is 6.72. The Morgan fingerprint density at radius 2 is 1.76 bits per heavy atom. The minimum Gasteiger partial charge on any atom is -0.496 e. The normalized spacial score (nSPS) is 29.8. The van der Waals surface area contributed by atoms with E-state index >= 15 is 0 Å². The maximum absolute atomic E-state index is 6.93. The molecule has 0 amide bonds. The summed E-state index contributed by atoms with van der Waals surface area (Å²) in [4.78, 5) is 0.0167. The van der Waals surface area contributed by atoms with E-state index in [0.29, 0.717) is 29.2 Å². The largest absolute Gasteiger partial charge is 0.496 e. The van der Waals surface area contributed by atoms with E-state index in [4.69, 9.17) is 32.7 Å². The van der Waals surface area contributed by atoms with E-state index in [1.165, 1.54) is 24.8 Å². The number of methoxy groups -OCH3 is 1. The van der Waals surface area contributed by atoms with E-state index in [1.54, 1.807) is 7.11 Å². The highest BCUT2D eigenvalue weighted by Crippen LogP contribution is 2.61. The summed E-state index contributed by atoms with van der Waals surface area (Å²) in [5.41, 5.74) is 3.63. The van der Waals surface area contributed by atoms with Crippen molar-refractivity contribution in [1.29, 1.82) is 0 Å². The summed E-state index contributed by atoms with van der Waals surface area (Å²) in [6, 6.07) is 16.1. The molecule has 4 bridgehead atoms. The first kappa shape index (κ1) is 19.3. The number of benzene rings is 2. The fourth-order valence-electron chi connectivity index (χ4n) is 5.96. The maximum Gasteiger partial charge on any atom is 0.139 e. The lowest BCUT2D eigenvalue weighted by Gasteiger charge is -2.55. The van der Waals surface area contributed by atoms with Crippen LogP contribution in [0.5, 0.6) is 5.75 Å². The molecule has 0 aliphatic heterocycles. The summed E-state index contributed by atoms with van der Waals surface area (Å²) in [5.74, 6) is 3.55. The number of rotatable bonds is 5. The van der Waals surface area contributed by atoms with Gasteiger partial charge in [0.15, 0.2) is 0 Å². The van der Waals surface area contributed by atoms with Gasteiger partial charge in [-0.15, -0.1) is 11.6 Å². The average molecular weight is 429 g/mol. The average Bonchev–Trinajstić information content (AvgIpc) is 2.70. The molecule has 2 unspecified atom stereocenters. The van der Waals surface area contributed by atoms with Gasteiger partial charge in [0.2, 0.25) is 0 Å². The molecule has 0 saturated heterocycles. The number of ether oxygens (including phenoxy) is 2. The van der Waals surface area contributed by atoms with Gasteiger partial charge in [-0.05, 0) is 79.2 Å². The summed E-state index contributed by atoms with van der Waals surface area (Å²) in [6.45, 7) is 0.491. The van der Waals surface area contributed by atoms with Crippen LogP contribution in [0.15, 0.2) is 54.1 Å². The third-order valence-electron chi connectivity index (χ3n) is 6.89. The third kappa shape index (κ3) is 3.66. The van der Waals surface area contributed by atoms with E-state index in [9.17, 15) is 0 Å². The van der Waals surface area contributed by atoms with Crippen molar-refractivity contribution in [1.82, 2.24) is 0 Å². The molecule has 0 heterocycles. The zero-order valence-corrected chi connectivity index (χ0v) is 18.2. The molecule has 0 N–H and O–H groups in total. The molecule has 4 saturated carbocycles. The highest BCUT2D eigenvalue weighted by Gasteiger charge is 2.53. The minimum atomic E-state index is 0.0167. The molecule has 0 aromatic heterocycles. The molecule has 4 aliphatic carbocycles. The molecule has 2 aromatic rings. The summed E-state index contributed by atoms with van der Waals surface area (Å²) in [7, 11) is 1.78. The zero-order chi connectivity index (χ0) is 20.0. The molecular weight excluding hydrogens is 403 g/mol.